The van der Waals surface area contributed by atoms with Gasteiger partial charge in [0.15, 0.2) is 0 Å². The van der Waals surface area contributed by atoms with Gasteiger partial charge in [0.25, 0.3) is 0 Å². The SMILES string of the molecule is Cc1cccc(C(N)=S)c1N1CCN(C(C)C)CC1. The number of para-hydroxylation sites is 1. The highest BCUT2D eigenvalue weighted by Crippen LogP contribution is 2.26. The van der Waals surface area contributed by atoms with Crippen LogP contribution in [0.3, 0.4) is 0 Å². The second-order valence-electron chi connectivity index (χ2n) is 5.45. The van der Waals surface area contributed by atoms with Gasteiger partial charge in [0.2, 0.25) is 0 Å². The van der Waals surface area contributed by atoms with E-state index in [1.165, 1.54) is 11.3 Å². The molecule has 1 aliphatic rings. The highest BCUT2D eigenvalue weighted by atomic mass is 32.1. The van der Waals surface area contributed by atoms with Gasteiger partial charge >= 0.3 is 0 Å². The number of benzene rings is 1. The Bertz CT molecular complexity index is 462. The van der Waals surface area contributed by atoms with E-state index in [1.807, 2.05) is 12.1 Å². The Morgan fingerprint density at radius 1 is 1.21 bits per heavy atom. The number of piperazine rings is 1. The van der Waals surface area contributed by atoms with Crippen LogP contribution in [0.2, 0.25) is 0 Å². The fourth-order valence-electron chi connectivity index (χ4n) is 2.74. The van der Waals surface area contributed by atoms with Crippen LogP contribution in [0.4, 0.5) is 5.69 Å². The molecule has 104 valence electrons. The summed E-state index contributed by atoms with van der Waals surface area (Å²) in [7, 11) is 0. The highest BCUT2D eigenvalue weighted by molar-refractivity contribution is 7.80. The minimum Gasteiger partial charge on any atom is -0.389 e. The van der Waals surface area contributed by atoms with Gasteiger partial charge in [-0.3, -0.25) is 4.90 Å². The predicted molar refractivity (Wildman–Crippen MR) is 86.0 cm³/mol. The molecule has 0 aliphatic carbocycles. The normalized spacial score (nSPS) is 16.9. The third kappa shape index (κ3) is 3.07. The summed E-state index contributed by atoms with van der Waals surface area (Å²) in [6.45, 7) is 10.9. The van der Waals surface area contributed by atoms with Crippen molar-refractivity contribution < 1.29 is 0 Å². The molecule has 4 heteroatoms. The maximum absolute atomic E-state index is 5.86. The number of hydrogen-bond acceptors (Lipinski definition) is 3. The molecule has 0 aromatic heterocycles. The maximum atomic E-state index is 5.86. The third-order valence-electron chi connectivity index (χ3n) is 3.86. The molecule has 1 fully saturated rings. The molecule has 1 aromatic carbocycles. The highest BCUT2D eigenvalue weighted by Gasteiger charge is 2.22. The second-order valence-corrected chi connectivity index (χ2v) is 5.89. The molecule has 1 aliphatic heterocycles. The van der Waals surface area contributed by atoms with Crippen molar-refractivity contribution in [2.75, 3.05) is 31.1 Å². The van der Waals surface area contributed by atoms with Gasteiger partial charge in [0.1, 0.15) is 4.99 Å². The smallest absolute Gasteiger partial charge is 0.106 e. The monoisotopic (exact) mass is 277 g/mol. The maximum Gasteiger partial charge on any atom is 0.106 e. The first-order chi connectivity index (χ1) is 9.00. The van der Waals surface area contributed by atoms with E-state index in [-0.39, 0.29) is 0 Å². The number of nitrogens with zero attached hydrogens (tertiary/aromatic N) is 2. The number of thiocarbonyl (C=S) groups is 1. The van der Waals surface area contributed by atoms with Crippen molar-refractivity contribution in [2.24, 2.45) is 5.73 Å². The Kier molecular flexibility index (Phi) is 4.42. The van der Waals surface area contributed by atoms with Crippen LogP contribution >= 0.6 is 12.2 Å². The number of nitrogens with two attached hydrogens (primary N) is 1. The summed E-state index contributed by atoms with van der Waals surface area (Å²) in [5.74, 6) is 0. The Balaban J connectivity index is 2.22. The molecule has 0 atom stereocenters. The molecule has 1 saturated heterocycles. The van der Waals surface area contributed by atoms with E-state index in [4.69, 9.17) is 18.0 Å². The van der Waals surface area contributed by atoms with Crippen molar-refractivity contribution in [2.45, 2.75) is 26.8 Å². The summed E-state index contributed by atoms with van der Waals surface area (Å²) in [5, 5.41) is 0. The molecule has 2 N–H and O–H groups in total. The van der Waals surface area contributed by atoms with E-state index in [9.17, 15) is 0 Å². The molecule has 1 heterocycles. The van der Waals surface area contributed by atoms with Crippen LogP contribution in [0.1, 0.15) is 25.0 Å². The molecular formula is C15H23N3S. The Morgan fingerprint density at radius 3 is 2.37 bits per heavy atom. The summed E-state index contributed by atoms with van der Waals surface area (Å²) in [6.07, 6.45) is 0. The number of hydrogen-bond donors (Lipinski definition) is 1. The van der Waals surface area contributed by atoms with Gasteiger partial charge in [-0.1, -0.05) is 24.4 Å². The molecule has 0 radical (unpaired) electrons. The van der Waals surface area contributed by atoms with Crippen molar-refractivity contribution >= 4 is 22.9 Å². The third-order valence-corrected chi connectivity index (χ3v) is 4.08. The second kappa shape index (κ2) is 5.88. The van der Waals surface area contributed by atoms with E-state index in [0.717, 1.165) is 31.7 Å². The molecule has 0 amide bonds. The zero-order valence-corrected chi connectivity index (χ0v) is 12.8. The minimum absolute atomic E-state index is 0.491. The first kappa shape index (κ1) is 14.3. The van der Waals surface area contributed by atoms with Gasteiger partial charge in [0.05, 0.1) is 0 Å². The number of aryl methyl sites for hydroxylation is 1. The molecule has 0 bridgehead atoms. The van der Waals surface area contributed by atoms with Gasteiger partial charge in [-0.05, 0) is 32.4 Å². The van der Waals surface area contributed by atoms with Crippen LogP contribution in [-0.2, 0) is 0 Å². The van der Waals surface area contributed by atoms with Gasteiger partial charge in [-0.25, -0.2) is 0 Å². The van der Waals surface area contributed by atoms with Crippen LogP contribution in [-0.4, -0.2) is 42.1 Å². The molecule has 3 nitrogen and oxygen atoms in total. The fourth-order valence-corrected chi connectivity index (χ4v) is 2.90. The van der Waals surface area contributed by atoms with Crippen LogP contribution in [0.5, 0.6) is 0 Å². The molecule has 0 saturated carbocycles. The average molecular weight is 277 g/mol. The zero-order valence-electron chi connectivity index (χ0n) is 12.0. The molecule has 0 spiro atoms. The first-order valence-electron chi connectivity index (χ1n) is 6.89. The lowest BCUT2D eigenvalue weighted by Crippen LogP contribution is -2.49. The summed E-state index contributed by atoms with van der Waals surface area (Å²) >= 11 is 5.18. The summed E-state index contributed by atoms with van der Waals surface area (Å²) in [6, 6.07) is 6.80. The molecule has 0 unspecified atom stereocenters. The Morgan fingerprint density at radius 2 is 1.84 bits per heavy atom. The lowest BCUT2D eigenvalue weighted by Gasteiger charge is -2.39. The van der Waals surface area contributed by atoms with E-state index < -0.39 is 0 Å². The van der Waals surface area contributed by atoms with Gasteiger partial charge in [0, 0.05) is 43.5 Å². The van der Waals surface area contributed by atoms with Crippen molar-refractivity contribution in [3.8, 4) is 0 Å². The summed E-state index contributed by atoms with van der Waals surface area (Å²) < 4.78 is 0. The quantitative estimate of drug-likeness (QED) is 0.858. The Hall–Kier alpha value is -1.13. The minimum atomic E-state index is 0.491. The van der Waals surface area contributed by atoms with Crippen LogP contribution in [0.25, 0.3) is 0 Å². The van der Waals surface area contributed by atoms with Crippen molar-refractivity contribution in [3.05, 3.63) is 29.3 Å². The van der Waals surface area contributed by atoms with E-state index >= 15 is 0 Å². The summed E-state index contributed by atoms with van der Waals surface area (Å²) in [5.41, 5.74) is 9.34. The number of anilines is 1. The topological polar surface area (TPSA) is 32.5 Å². The Labute approximate surface area is 121 Å². The summed E-state index contributed by atoms with van der Waals surface area (Å²) in [4.78, 5) is 5.42. The van der Waals surface area contributed by atoms with Gasteiger partial charge < -0.3 is 10.6 Å². The zero-order chi connectivity index (χ0) is 14.0. The van der Waals surface area contributed by atoms with E-state index in [2.05, 4.69) is 36.6 Å². The molecular weight excluding hydrogens is 254 g/mol. The van der Waals surface area contributed by atoms with Crippen LogP contribution in [0, 0.1) is 6.92 Å². The molecule has 2 rings (SSSR count). The van der Waals surface area contributed by atoms with Gasteiger partial charge in [-0.2, -0.15) is 0 Å². The molecule has 19 heavy (non-hydrogen) atoms. The van der Waals surface area contributed by atoms with Crippen molar-refractivity contribution in [3.63, 3.8) is 0 Å². The number of rotatable bonds is 3. The predicted octanol–water partition coefficient (Wildman–Crippen LogP) is 2.16. The van der Waals surface area contributed by atoms with E-state index in [0.29, 0.717) is 11.0 Å². The van der Waals surface area contributed by atoms with Crippen LogP contribution < -0.4 is 10.6 Å². The average Bonchev–Trinajstić information content (AvgIpc) is 2.38. The van der Waals surface area contributed by atoms with Crippen molar-refractivity contribution in [1.29, 1.82) is 0 Å². The van der Waals surface area contributed by atoms with Crippen molar-refractivity contribution in [1.82, 2.24) is 4.90 Å². The molecule has 1 aromatic rings. The van der Waals surface area contributed by atoms with E-state index in [1.54, 1.807) is 0 Å². The van der Waals surface area contributed by atoms with Gasteiger partial charge in [-0.15, -0.1) is 0 Å². The fraction of sp³-hybridized carbons (Fsp3) is 0.533. The lowest BCUT2D eigenvalue weighted by atomic mass is 10.1. The largest absolute Gasteiger partial charge is 0.389 e. The van der Waals surface area contributed by atoms with Crippen LogP contribution in [0.15, 0.2) is 18.2 Å². The standard InChI is InChI=1S/C15H23N3S/c1-11(2)17-7-9-18(10-8-17)14-12(3)5-4-6-13(14)15(16)19/h4-6,11H,7-10H2,1-3H3,(H2,16,19). The lowest BCUT2D eigenvalue weighted by molar-refractivity contribution is 0.209. The first-order valence-corrected chi connectivity index (χ1v) is 7.30.